The number of nitrogens with zero attached hydrogens (tertiary/aromatic N) is 1. The van der Waals surface area contributed by atoms with Crippen LogP contribution < -0.4 is 21.5 Å². The first kappa shape index (κ1) is 16.8. The summed E-state index contributed by atoms with van der Waals surface area (Å²) in [5, 5.41) is 15.2. The second-order valence-corrected chi connectivity index (χ2v) is 5.74. The molecule has 23 heavy (non-hydrogen) atoms. The first-order valence-corrected chi connectivity index (χ1v) is 7.84. The largest absolute Gasteiger partial charge is 0.377 e. The van der Waals surface area contributed by atoms with Gasteiger partial charge in [-0.2, -0.15) is 5.26 Å². The molecule has 5 nitrogen and oxygen atoms in total. The van der Waals surface area contributed by atoms with Gasteiger partial charge in [0.25, 0.3) is 10.9 Å². The van der Waals surface area contributed by atoms with E-state index in [4.69, 9.17) is 5.26 Å². The highest BCUT2D eigenvalue weighted by molar-refractivity contribution is 5.74. The van der Waals surface area contributed by atoms with Crippen molar-refractivity contribution in [2.24, 2.45) is 0 Å². The van der Waals surface area contributed by atoms with Crippen LogP contribution in [0.3, 0.4) is 0 Å². The topological polar surface area (TPSA) is 82.0 Å². The molecule has 0 aromatic heterocycles. The Hall–Kier alpha value is -2.61. The second kappa shape index (κ2) is 7.10. The molecule has 5 heteroatoms. The minimum atomic E-state index is -0.480. The summed E-state index contributed by atoms with van der Waals surface area (Å²) in [6, 6.07) is 7.84. The van der Waals surface area contributed by atoms with Gasteiger partial charge >= 0.3 is 0 Å². The molecule has 0 saturated carbocycles. The Balaban J connectivity index is 2.14. The van der Waals surface area contributed by atoms with Gasteiger partial charge in [-0.25, -0.2) is 0 Å². The molecule has 0 aliphatic heterocycles. The van der Waals surface area contributed by atoms with Crippen LogP contribution in [0.4, 0.5) is 11.4 Å². The van der Waals surface area contributed by atoms with Gasteiger partial charge in [-0.3, -0.25) is 9.59 Å². The molecule has 0 atom stereocenters. The molecule has 0 saturated heterocycles. The Morgan fingerprint density at radius 1 is 1.09 bits per heavy atom. The summed E-state index contributed by atoms with van der Waals surface area (Å²) < 4.78 is 0. The van der Waals surface area contributed by atoms with Crippen LogP contribution in [0.1, 0.15) is 43.4 Å². The van der Waals surface area contributed by atoms with Gasteiger partial charge in [0.05, 0.1) is 11.6 Å². The van der Waals surface area contributed by atoms with E-state index in [-0.39, 0.29) is 6.04 Å². The monoisotopic (exact) mass is 311 g/mol. The number of nitrogens with one attached hydrogen (secondary N) is 2. The van der Waals surface area contributed by atoms with Crippen LogP contribution in [0.2, 0.25) is 0 Å². The maximum absolute atomic E-state index is 11.8. The molecule has 2 aromatic carbocycles. The molecular weight excluding hydrogens is 290 g/mol. The predicted molar refractivity (Wildman–Crippen MR) is 92.6 cm³/mol. The quantitative estimate of drug-likeness (QED) is 0.768. The number of nitriles is 1. The third-order valence-electron chi connectivity index (χ3n) is 3.98. The molecule has 0 amide bonds. The lowest BCUT2D eigenvalue weighted by Crippen LogP contribution is -2.39. The predicted octanol–water partition coefficient (Wildman–Crippen LogP) is 2.68. The lowest BCUT2D eigenvalue weighted by atomic mass is 10.1. The molecule has 2 rings (SSSR count). The molecule has 0 aliphatic rings. The van der Waals surface area contributed by atoms with Crippen LogP contribution >= 0.6 is 0 Å². The summed E-state index contributed by atoms with van der Waals surface area (Å²) >= 11 is 0. The van der Waals surface area contributed by atoms with Crippen molar-refractivity contribution < 1.29 is 0 Å². The van der Waals surface area contributed by atoms with E-state index < -0.39 is 10.9 Å². The second-order valence-electron chi connectivity index (χ2n) is 5.74. The van der Waals surface area contributed by atoms with Crippen molar-refractivity contribution in [2.75, 3.05) is 10.6 Å². The number of hydrogen-bond donors (Lipinski definition) is 2. The standard InChI is InChI=1S/C18H21N3O2/c1-4-14(5-2)21-16-15(17(22)18(16)23)20-10-13-7-11(3)6-12(8-13)9-19/h6-8,14,20-21H,4-5,10H2,1-3H3. The summed E-state index contributed by atoms with van der Waals surface area (Å²) in [7, 11) is 0. The van der Waals surface area contributed by atoms with E-state index in [1.807, 2.05) is 26.8 Å². The van der Waals surface area contributed by atoms with Crippen LogP contribution in [0.25, 0.3) is 0 Å². The minimum Gasteiger partial charge on any atom is -0.377 e. The molecule has 120 valence electrons. The molecule has 0 fully saturated rings. The minimum absolute atomic E-state index is 0.183. The average Bonchev–Trinajstić information content (AvgIpc) is 2.56. The van der Waals surface area contributed by atoms with Crippen LogP contribution in [-0.2, 0) is 6.54 Å². The Morgan fingerprint density at radius 3 is 2.35 bits per heavy atom. The SMILES string of the molecule is CCC(CC)Nc1c(NCc2cc(C)cc(C#N)c2)c(=O)c1=O. The number of hydrogen-bond acceptors (Lipinski definition) is 5. The summed E-state index contributed by atoms with van der Waals surface area (Å²) in [6.07, 6.45) is 1.77. The fraction of sp³-hybridized carbons (Fsp3) is 0.389. The van der Waals surface area contributed by atoms with E-state index in [2.05, 4.69) is 16.7 Å². The average molecular weight is 311 g/mol. The number of rotatable bonds is 7. The van der Waals surface area contributed by atoms with E-state index in [1.165, 1.54) is 0 Å². The maximum Gasteiger partial charge on any atom is 0.253 e. The summed E-state index contributed by atoms with van der Waals surface area (Å²) in [6.45, 7) is 6.40. The van der Waals surface area contributed by atoms with Gasteiger partial charge in [-0.05, 0) is 43.0 Å². The zero-order chi connectivity index (χ0) is 17.0. The Morgan fingerprint density at radius 2 is 1.74 bits per heavy atom. The molecule has 2 aromatic rings. The Labute approximate surface area is 135 Å². The van der Waals surface area contributed by atoms with E-state index in [9.17, 15) is 9.59 Å². The number of aryl methyl sites for hydroxylation is 1. The molecule has 0 spiro atoms. The lowest BCUT2D eigenvalue weighted by Gasteiger charge is -2.20. The highest BCUT2D eigenvalue weighted by Crippen LogP contribution is 2.19. The molecule has 0 bridgehead atoms. The summed E-state index contributed by atoms with van der Waals surface area (Å²) in [4.78, 5) is 23.5. The van der Waals surface area contributed by atoms with E-state index in [0.29, 0.717) is 23.5 Å². The first-order chi connectivity index (χ1) is 11.0. The van der Waals surface area contributed by atoms with Gasteiger partial charge < -0.3 is 10.6 Å². The lowest BCUT2D eigenvalue weighted by molar-refractivity contribution is 0.670. The molecular formula is C18H21N3O2. The highest BCUT2D eigenvalue weighted by Gasteiger charge is 2.22. The van der Waals surface area contributed by atoms with Crippen LogP contribution in [0, 0.1) is 18.3 Å². The highest BCUT2D eigenvalue weighted by atomic mass is 16.2. The maximum atomic E-state index is 11.8. The van der Waals surface area contributed by atoms with Gasteiger partial charge in [0.1, 0.15) is 11.4 Å². The molecule has 2 N–H and O–H groups in total. The van der Waals surface area contributed by atoms with Gasteiger partial charge in [-0.15, -0.1) is 0 Å². The van der Waals surface area contributed by atoms with Gasteiger partial charge in [0, 0.05) is 12.6 Å². The third kappa shape index (κ3) is 3.59. The summed E-state index contributed by atoms with van der Waals surface area (Å²) in [5.74, 6) is 0. The normalized spacial score (nSPS) is 10.7. The van der Waals surface area contributed by atoms with Crippen LogP contribution in [0.15, 0.2) is 27.8 Å². The molecule has 0 aliphatic carbocycles. The van der Waals surface area contributed by atoms with Crippen molar-refractivity contribution in [1.82, 2.24) is 0 Å². The zero-order valence-electron chi connectivity index (χ0n) is 13.7. The Bertz CT molecular complexity index is 807. The molecule has 0 unspecified atom stereocenters. The third-order valence-corrected chi connectivity index (χ3v) is 3.98. The smallest absolute Gasteiger partial charge is 0.253 e. The van der Waals surface area contributed by atoms with Crippen molar-refractivity contribution in [2.45, 2.75) is 46.2 Å². The van der Waals surface area contributed by atoms with E-state index >= 15 is 0 Å². The first-order valence-electron chi connectivity index (χ1n) is 7.84. The number of anilines is 2. The van der Waals surface area contributed by atoms with Crippen LogP contribution in [-0.4, -0.2) is 6.04 Å². The van der Waals surface area contributed by atoms with Gasteiger partial charge in [0.15, 0.2) is 0 Å². The van der Waals surface area contributed by atoms with Crippen LogP contribution in [0.5, 0.6) is 0 Å². The van der Waals surface area contributed by atoms with Gasteiger partial charge in [0.2, 0.25) is 0 Å². The van der Waals surface area contributed by atoms with Gasteiger partial charge in [-0.1, -0.05) is 19.9 Å². The molecule has 0 heterocycles. The fourth-order valence-electron chi connectivity index (χ4n) is 2.61. The van der Waals surface area contributed by atoms with Crippen molar-refractivity contribution >= 4 is 11.4 Å². The summed E-state index contributed by atoms with van der Waals surface area (Å²) in [5.41, 5.74) is 2.28. The van der Waals surface area contributed by atoms with Crippen molar-refractivity contribution in [1.29, 1.82) is 5.26 Å². The van der Waals surface area contributed by atoms with E-state index in [1.54, 1.807) is 12.1 Å². The molecule has 0 radical (unpaired) electrons. The van der Waals surface area contributed by atoms with Crippen molar-refractivity contribution in [3.63, 3.8) is 0 Å². The van der Waals surface area contributed by atoms with E-state index in [0.717, 1.165) is 24.0 Å². The number of benzene rings is 1. The fourth-order valence-corrected chi connectivity index (χ4v) is 2.61. The zero-order valence-corrected chi connectivity index (χ0v) is 13.7. The Kier molecular flexibility index (Phi) is 5.17. The van der Waals surface area contributed by atoms with Crippen molar-refractivity contribution in [3.05, 3.63) is 55.3 Å². The van der Waals surface area contributed by atoms with Crippen molar-refractivity contribution in [3.8, 4) is 6.07 Å².